The third-order valence-electron chi connectivity index (χ3n) is 5.54. The van der Waals surface area contributed by atoms with Gasteiger partial charge < -0.3 is 24.8 Å². The van der Waals surface area contributed by atoms with Gasteiger partial charge in [0, 0.05) is 6.42 Å². The zero-order valence-corrected chi connectivity index (χ0v) is 18.7. The second-order valence-corrected chi connectivity index (χ2v) is 8.29. The lowest BCUT2D eigenvalue weighted by Crippen LogP contribution is -2.33. The highest BCUT2D eigenvalue weighted by Crippen LogP contribution is 2.27. The molecule has 1 aliphatic heterocycles. The first-order chi connectivity index (χ1) is 14.5. The van der Waals surface area contributed by atoms with Crippen molar-refractivity contribution in [3.05, 3.63) is 23.9 Å². The van der Waals surface area contributed by atoms with Crippen LogP contribution in [0.2, 0.25) is 0 Å². The molecule has 6 heteroatoms. The molecule has 0 aliphatic carbocycles. The second kappa shape index (κ2) is 16.1. The fourth-order valence-electron chi connectivity index (χ4n) is 3.61. The predicted octanol–water partition coefficient (Wildman–Crippen LogP) is 6.00. The molecule has 0 spiro atoms. The number of aliphatic hydroxyl groups is 3. The number of unbranched alkanes of at least 4 members (excludes halogenated alkanes) is 13. The van der Waals surface area contributed by atoms with Crippen LogP contribution < -0.4 is 0 Å². The minimum absolute atomic E-state index is 0.106. The summed E-state index contributed by atoms with van der Waals surface area (Å²) in [6.07, 6.45) is 15.5. The molecule has 0 saturated carbocycles. The van der Waals surface area contributed by atoms with Crippen LogP contribution in [0.25, 0.3) is 0 Å². The first-order valence-electron chi connectivity index (χ1n) is 11.8. The van der Waals surface area contributed by atoms with Crippen molar-refractivity contribution in [1.82, 2.24) is 0 Å². The Balaban J connectivity index is 1.90. The Morgan fingerprint density at radius 1 is 0.933 bits per heavy atom. The molecule has 0 amide bonds. The fraction of sp³-hybridized carbons (Fsp3) is 0.792. The van der Waals surface area contributed by atoms with Gasteiger partial charge in [0.15, 0.2) is 23.4 Å². The number of carbonyl (C=O) groups is 1. The van der Waals surface area contributed by atoms with Crippen LogP contribution in [0.1, 0.15) is 103 Å². The second-order valence-electron chi connectivity index (χ2n) is 8.29. The first-order valence-corrected chi connectivity index (χ1v) is 11.8. The van der Waals surface area contributed by atoms with Crippen molar-refractivity contribution >= 4 is 5.97 Å². The molecule has 0 aromatic carbocycles. The Bertz CT molecular complexity index is 528. The molecule has 174 valence electrons. The maximum absolute atomic E-state index is 11.8. The van der Waals surface area contributed by atoms with Gasteiger partial charge in [-0.05, 0) is 6.42 Å². The summed E-state index contributed by atoms with van der Waals surface area (Å²) in [6.45, 7) is 5.36. The van der Waals surface area contributed by atoms with Gasteiger partial charge in [-0.15, -0.1) is 0 Å². The molecule has 1 heterocycles. The van der Waals surface area contributed by atoms with E-state index in [1.54, 1.807) is 0 Å². The molecule has 0 saturated heterocycles. The van der Waals surface area contributed by atoms with Crippen molar-refractivity contribution in [2.75, 3.05) is 6.61 Å². The largest absolute Gasteiger partial charge is 0.505 e. The standard InChI is InChI=1S/C24H42O6/c1-3-4-5-6-7-8-9-10-11-12-13-14-15-16-17-21(26)29-18-20(25)24-23(28)22(27)19(2)30-24/h20,24-25,27-28H,2-18H2,1H3/t20-,24+/m0/s1. The first kappa shape index (κ1) is 26.3. The summed E-state index contributed by atoms with van der Waals surface area (Å²) in [6, 6.07) is 0. The Morgan fingerprint density at radius 3 is 1.83 bits per heavy atom. The van der Waals surface area contributed by atoms with Crippen LogP contribution in [0.4, 0.5) is 0 Å². The van der Waals surface area contributed by atoms with Crippen LogP contribution >= 0.6 is 0 Å². The number of aliphatic hydroxyl groups excluding tert-OH is 3. The van der Waals surface area contributed by atoms with Crippen LogP contribution in [-0.2, 0) is 14.3 Å². The summed E-state index contributed by atoms with van der Waals surface area (Å²) in [4.78, 5) is 11.8. The van der Waals surface area contributed by atoms with E-state index >= 15 is 0 Å². The van der Waals surface area contributed by atoms with Crippen molar-refractivity contribution in [3.63, 3.8) is 0 Å². The lowest BCUT2D eigenvalue weighted by atomic mass is 10.0. The molecule has 0 aromatic rings. The molecule has 3 N–H and O–H groups in total. The number of hydrogen-bond donors (Lipinski definition) is 3. The zero-order chi connectivity index (χ0) is 22.2. The maximum Gasteiger partial charge on any atom is 0.305 e. The minimum atomic E-state index is -1.26. The molecule has 30 heavy (non-hydrogen) atoms. The fourth-order valence-corrected chi connectivity index (χ4v) is 3.61. The van der Waals surface area contributed by atoms with Crippen LogP contribution in [0, 0.1) is 0 Å². The van der Waals surface area contributed by atoms with Crippen molar-refractivity contribution in [3.8, 4) is 0 Å². The summed E-state index contributed by atoms with van der Waals surface area (Å²) >= 11 is 0. The number of hydrogen-bond acceptors (Lipinski definition) is 6. The van der Waals surface area contributed by atoms with Gasteiger partial charge in [-0.2, -0.15) is 0 Å². The van der Waals surface area contributed by atoms with Gasteiger partial charge in [0.25, 0.3) is 0 Å². The highest BCUT2D eigenvalue weighted by atomic mass is 16.6. The Kier molecular flexibility index (Phi) is 14.1. The molecule has 6 nitrogen and oxygen atoms in total. The molecule has 1 aliphatic rings. The zero-order valence-electron chi connectivity index (χ0n) is 18.7. The molecular weight excluding hydrogens is 384 g/mol. The molecule has 1 rings (SSSR count). The summed E-state index contributed by atoms with van der Waals surface area (Å²) < 4.78 is 10.1. The minimum Gasteiger partial charge on any atom is -0.505 e. The van der Waals surface area contributed by atoms with Gasteiger partial charge in [0.1, 0.15) is 12.7 Å². The van der Waals surface area contributed by atoms with E-state index in [0.717, 1.165) is 19.3 Å². The van der Waals surface area contributed by atoms with Crippen molar-refractivity contribution in [2.45, 2.75) is 115 Å². The van der Waals surface area contributed by atoms with Gasteiger partial charge in [-0.1, -0.05) is 97.0 Å². The average molecular weight is 427 g/mol. The van der Waals surface area contributed by atoms with E-state index in [2.05, 4.69) is 13.5 Å². The highest BCUT2D eigenvalue weighted by Gasteiger charge is 2.36. The van der Waals surface area contributed by atoms with Gasteiger partial charge in [0.05, 0.1) is 0 Å². The maximum atomic E-state index is 11.8. The SMILES string of the molecule is C=C1O[C@H]([C@@H](O)COC(=O)CCCCCCCCCCCCCCCC)C(O)=C1O. The van der Waals surface area contributed by atoms with Gasteiger partial charge in [0.2, 0.25) is 0 Å². The predicted molar refractivity (Wildman–Crippen MR) is 118 cm³/mol. The molecule has 2 atom stereocenters. The molecular formula is C24H42O6. The molecule has 0 aromatic heterocycles. The average Bonchev–Trinajstić information content (AvgIpc) is 2.99. The van der Waals surface area contributed by atoms with Crippen LogP contribution in [0.3, 0.4) is 0 Å². The Morgan fingerprint density at radius 2 is 1.40 bits per heavy atom. The lowest BCUT2D eigenvalue weighted by molar-refractivity contribution is -0.149. The highest BCUT2D eigenvalue weighted by molar-refractivity contribution is 5.69. The monoisotopic (exact) mass is 426 g/mol. The smallest absolute Gasteiger partial charge is 0.305 e. The van der Waals surface area contributed by atoms with Crippen LogP contribution in [0.15, 0.2) is 23.9 Å². The number of esters is 1. The third-order valence-corrected chi connectivity index (χ3v) is 5.54. The summed E-state index contributed by atoms with van der Waals surface area (Å²) in [7, 11) is 0. The van der Waals surface area contributed by atoms with Gasteiger partial charge >= 0.3 is 5.97 Å². The number of ether oxygens (including phenoxy) is 2. The third kappa shape index (κ3) is 10.9. The van der Waals surface area contributed by atoms with Crippen LogP contribution in [0.5, 0.6) is 0 Å². The molecule has 0 unspecified atom stereocenters. The van der Waals surface area contributed by atoms with E-state index in [1.165, 1.54) is 70.6 Å². The van der Waals surface area contributed by atoms with Crippen molar-refractivity contribution in [1.29, 1.82) is 0 Å². The van der Waals surface area contributed by atoms with Crippen molar-refractivity contribution < 1.29 is 29.6 Å². The van der Waals surface area contributed by atoms with E-state index < -0.39 is 23.7 Å². The van der Waals surface area contributed by atoms with Gasteiger partial charge in [-0.25, -0.2) is 0 Å². The normalized spacial score (nSPS) is 17.3. The van der Waals surface area contributed by atoms with Crippen molar-refractivity contribution in [2.24, 2.45) is 0 Å². The summed E-state index contributed by atoms with van der Waals surface area (Å²) in [5, 5.41) is 29.0. The lowest BCUT2D eigenvalue weighted by Gasteiger charge is -2.18. The number of carbonyl (C=O) groups excluding carboxylic acids is 1. The topological polar surface area (TPSA) is 96.2 Å². The Labute approximate surface area is 182 Å². The Hall–Kier alpha value is -1.69. The van der Waals surface area contributed by atoms with E-state index in [4.69, 9.17) is 9.47 Å². The molecule has 0 radical (unpaired) electrons. The quantitative estimate of drug-likeness (QED) is 0.184. The summed E-state index contributed by atoms with van der Waals surface area (Å²) in [5.41, 5.74) is 0. The van der Waals surface area contributed by atoms with E-state index in [0.29, 0.717) is 6.42 Å². The van der Waals surface area contributed by atoms with Crippen LogP contribution in [-0.4, -0.2) is 40.1 Å². The molecule has 0 fully saturated rings. The summed E-state index contributed by atoms with van der Waals surface area (Å²) in [5.74, 6) is -1.45. The number of rotatable bonds is 18. The van der Waals surface area contributed by atoms with E-state index in [-0.39, 0.29) is 18.3 Å². The van der Waals surface area contributed by atoms with Gasteiger partial charge in [-0.3, -0.25) is 4.79 Å². The van der Waals surface area contributed by atoms with E-state index in [9.17, 15) is 20.1 Å². The van der Waals surface area contributed by atoms with E-state index in [1.807, 2.05) is 0 Å². The molecule has 0 bridgehead atoms.